The van der Waals surface area contributed by atoms with Gasteiger partial charge in [-0.25, -0.2) is 9.59 Å². The van der Waals surface area contributed by atoms with Crippen LogP contribution in [0.2, 0.25) is 0 Å². The van der Waals surface area contributed by atoms with Crippen molar-refractivity contribution in [3.63, 3.8) is 0 Å². The molecule has 3 aliphatic rings. The number of ether oxygens (including phenoxy) is 1. The zero-order valence-electron chi connectivity index (χ0n) is 19.4. The summed E-state index contributed by atoms with van der Waals surface area (Å²) in [5.74, 6) is -4.54. The average molecular weight is 532 g/mol. The highest BCUT2D eigenvalue weighted by molar-refractivity contribution is 5.73. The van der Waals surface area contributed by atoms with E-state index in [-0.39, 0.29) is 0 Å². The molecule has 206 valence electrons. The van der Waals surface area contributed by atoms with Crippen LogP contribution < -0.4 is 0 Å². The van der Waals surface area contributed by atoms with Crippen LogP contribution in [0.5, 0.6) is 0 Å². The molecule has 0 aromatic carbocycles. The highest BCUT2D eigenvalue weighted by atomic mass is 19.4. The fourth-order valence-electron chi connectivity index (χ4n) is 4.21. The normalized spacial score (nSPS) is 23.6. The number of hydrogen-bond acceptors (Lipinski definition) is 6. The molecule has 2 saturated heterocycles. The summed E-state index contributed by atoms with van der Waals surface area (Å²) in [6.45, 7) is 8.84. The Morgan fingerprint density at radius 2 is 1.64 bits per heavy atom. The monoisotopic (exact) mass is 532 g/mol. The molecule has 36 heavy (non-hydrogen) atoms. The topological polar surface area (TPSA) is 119 Å². The molecule has 2 aliphatic heterocycles. The number of carbonyl (C=O) groups is 2. The largest absolute Gasteiger partial charge is 0.490 e. The second-order valence-electron chi connectivity index (χ2n) is 9.23. The van der Waals surface area contributed by atoms with E-state index in [0.717, 1.165) is 38.8 Å². The van der Waals surface area contributed by atoms with Gasteiger partial charge in [0.2, 0.25) is 0 Å². The van der Waals surface area contributed by atoms with Gasteiger partial charge in [-0.3, -0.25) is 10.00 Å². The zero-order valence-corrected chi connectivity index (χ0v) is 19.4. The van der Waals surface area contributed by atoms with E-state index in [4.69, 9.17) is 24.5 Å². The summed E-state index contributed by atoms with van der Waals surface area (Å²) >= 11 is 0. The van der Waals surface area contributed by atoms with Gasteiger partial charge in [0, 0.05) is 50.0 Å². The summed E-state index contributed by atoms with van der Waals surface area (Å²) in [4.78, 5) is 23.1. The van der Waals surface area contributed by atoms with Gasteiger partial charge in [-0.15, -0.1) is 0 Å². The van der Waals surface area contributed by atoms with E-state index in [2.05, 4.69) is 26.1 Å². The van der Waals surface area contributed by atoms with E-state index in [1.807, 2.05) is 6.20 Å². The molecule has 0 bridgehead atoms. The van der Waals surface area contributed by atoms with Crippen LogP contribution in [0.3, 0.4) is 0 Å². The smallest absolute Gasteiger partial charge is 0.475 e. The Balaban J connectivity index is 0.000000271. The molecule has 1 spiro atoms. The van der Waals surface area contributed by atoms with Crippen molar-refractivity contribution in [1.29, 1.82) is 0 Å². The lowest BCUT2D eigenvalue weighted by atomic mass is 9.80. The molecule has 1 aromatic heterocycles. The van der Waals surface area contributed by atoms with Crippen LogP contribution in [-0.2, 0) is 20.9 Å². The van der Waals surface area contributed by atoms with Gasteiger partial charge in [0.1, 0.15) is 0 Å². The molecule has 15 heteroatoms. The lowest BCUT2D eigenvalue weighted by Crippen LogP contribution is -2.50. The van der Waals surface area contributed by atoms with Gasteiger partial charge < -0.3 is 19.8 Å². The molecule has 4 rings (SSSR count). The Hall–Kier alpha value is -2.39. The quantitative estimate of drug-likeness (QED) is 0.507. The maximum atomic E-state index is 10.6. The summed E-state index contributed by atoms with van der Waals surface area (Å²) < 4.78 is 69.5. The molecule has 0 amide bonds. The van der Waals surface area contributed by atoms with Crippen molar-refractivity contribution in [2.24, 2.45) is 11.3 Å². The number of aromatic amines is 1. The summed E-state index contributed by atoms with van der Waals surface area (Å²) in [6.07, 6.45) is -2.84. The van der Waals surface area contributed by atoms with E-state index >= 15 is 0 Å². The van der Waals surface area contributed by atoms with Gasteiger partial charge in [0.05, 0.1) is 13.2 Å². The van der Waals surface area contributed by atoms with E-state index in [1.165, 1.54) is 51.0 Å². The van der Waals surface area contributed by atoms with Gasteiger partial charge in [-0.1, -0.05) is 0 Å². The van der Waals surface area contributed by atoms with Crippen LogP contribution in [0.1, 0.15) is 31.4 Å². The van der Waals surface area contributed by atoms with Crippen molar-refractivity contribution < 1.29 is 50.9 Å². The molecular formula is C21H30F6N4O5. The second kappa shape index (κ2) is 12.7. The molecule has 1 atom stereocenters. The van der Waals surface area contributed by atoms with E-state index in [0.29, 0.717) is 5.41 Å². The third-order valence-corrected chi connectivity index (χ3v) is 5.91. The van der Waals surface area contributed by atoms with Crippen LogP contribution >= 0.6 is 0 Å². The van der Waals surface area contributed by atoms with Crippen LogP contribution in [-0.4, -0.2) is 100 Å². The van der Waals surface area contributed by atoms with E-state index in [1.54, 1.807) is 0 Å². The minimum Gasteiger partial charge on any atom is -0.475 e. The Labute approximate surface area is 203 Å². The number of piperidine rings is 1. The molecule has 0 radical (unpaired) electrons. The standard InChI is InChI=1S/C17H28N4O.2C2HF3O2/c1-5-17(12-20(7-1)11-16-4-6-18-19-16)13-21(8-9-22-14-17)10-15-2-3-15;2*3-2(4,5)1(6)7/h4,6,15H,1-3,5,7-14H2,(H,18,19);2*(H,6,7). The molecule has 1 unspecified atom stereocenters. The molecule has 1 saturated carbocycles. The lowest BCUT2D eigenvalue weighted by molar-refractivity contribution is -0.193. The van der Waals surface area contributed by atoms with Gasteiger partial charge in [-0.2, -0.15) is 31.4 Å². The maximum Gasteiger partial charge on any atom is 0.490 e. The third kappa shape index (κ3) is 10.7. The lowest BCUT2D eigenvalue weighted by Gasteiger charge is -2.43. The Bertz CT molecular complexity index is 808. The Kier molecular flexibility index (Phi) is 10.5. The predicted octanol–water partition coefficient (Wildman–Crippen LogP) is 3.00. The molecular weight excluding hydrogens is 502 g/mol. The highest BCUT2D eigenvalue weighted by Crippen LogP contribution is 2.36. The maximum absolute atomic E-state index is 10.6. The summed E-state index contributed by atoms with van der Waals surface area (Å²) in [5.41, 5.74) is 1.56. The number of hydrogen-bond donors (Lipinski definition) is 3. The van der Waals surface area contributed by atoms with Crippen molar-refractivity contribution in [3.8, 4) is 0 Å². The first-order valence-electron chi connectivity index (χ1n) is 11.3. The Morgan fingerprint density at radius 1 is 1.06 bits per heavy atom. The van der Waals surface area contributed by atoms with Crippen molar-refractivity contribution in [2.45, 2.75) is 44.6 Å². The number of alkyl halides is 6. The van der Waals surface area contributed by atoms with Gasteiger partial charge in [0.25, 0.3) is 0 Å². The zero-order chi connectivity index (χ0) is 27.0. The number of nitrogens with one attached hydrogen (secondary N) is 1. The van der Waals surface area contributed by atoms with Crippen LogP contribution in [0.25, 0.3) is 0 Å². The van der Waals surface area contributed by atoms with Gasteiger partial charge in [-0.05, 0) is 44.2 Å². The van der Waals surface area contributed by atoms with Crippen molar-refractivity contribution in [3.05, 3.63) is 18.0 Å². The second-order valence-corrected chi connectivity index (χ2v) is 9.23. The van der Waals surface area contributed by atoms with Gasteiger partial charge >= 0.3 is 24.3 Å². The van der Waals surface area contributed by atoms with Crippen LogP contribution in [0, 0.1) is 11.3 Å². The average Bonchev–Trinajstić information content (AvgIpc) is 3.47. The fraction of sp³-hybridized carbons (Fsp3) is 0.762. The summed E-state index contributed by atoms with van der Waals surface area (Å²) in [7, 11) is 0. The SMILES string of the molecule is O=C(O)C(F)(F)F.O=C(O)C(F)(F)F.c1cc(CN2CCCC3(COCCN(CC4CC4)C3)C2)[nH]n1. The number of H-pyrrole nitrogens is 1. The van der Waals surface area contributed by atoms with Crippen molar-refractivity contribution >= 4 is 11.9 Å². The first-order valence-corrected chi connectivity index (χ1v) is 11.3. The summed E-state index contributed by atoms with van der Waals surface area (Å²) in [5, 5.41) is 21.4. The molecule has 3 fully saturated rings. The Morgan fingerprint density at radius 3 is 2.14 bits per heavy atom. The number of likely N-dealkylation sites (tertiary alicyclic amines) is 1. The summed E-state index contributed by atoms with van der Waals surface area (Å²) in [6, 6.07) is 2.09. The molecule has 1 aliphatic carbocycles. The van der Waals surface area contributed by atoms with Crippen molar-refractivity contribution in [2.75, 3.05) is 45.9 Å². The van der Waals surface area contributed by atoms with Crippen LogP contribution in [0.15, 0.2) is 12.3 Å². The van der Waals surface area contributed by atoms with Gasteiger partial charge in [0.15, 0.2) is 0 Å². The van der Waals surface area contributed by atoms with E-state index < -0.39 is 24.3 Å². The number of halogens is 6. The van der Waals surface area contributed by atoms with Crippen LogP contribution in [0.4, 0.5) is 26.3 Å². The number of rotatable bonds is 4. The van der Waals surface area contributed by atoms with Crippen molar-refractivity contribution in [1.82, 2.24) is 20.0 Å². The predicted molar refractivity (Wildman–Crippen MR) is 113 cm³/mol. The molecule has 9 nitrogen and oxygen atoms in total. The minimum absolute atomic E-state index is 0.337. The molecule has 3 N–H and O–H groups in total. The number of carboxylic acids is 2. The van der Waals surface area contributed by atoms with E-state index in [9.17, 15) is 26.3 Å². The minimum atomic E-state index is -5.08. The number of nitrogens with zero attached hydrogens (tertiary/aromatic N) is 3. The number of carboxylic acid groups (broad SMARTS) is 2. The fourth-order valence-corrected chi connectivity index (χ4v) is 4.21. The number of aromatic nitrogens is 2. The molecule has 3 heterocycles. The number of aliphatic carboxylic acids is 2. The third-order valence-electron chi connectivity index (χ3n) is 5.91. The molecule has 1 aromatic rings. The highest BCUT2D eigenvalue weighted by Gasteiger charge is 2.40. The first kappa shape index (κ1) is 29.8. The first-order chi connectivity index (χ1) is 16.7.